The lowest BCUT2D eigenvalue weighted by Crippen LogP contribution is -2.16. The molecule has 2 heterocycles. The van der Waals surface area contributed by atoms with Gasteiger partial charge in [-0.25, -0.2) is 5.43 Å². The number of nitrogens with zero attached hydrogens (tertiary/aromatic N) is 2. The van der Waals surface area contributed by atoms with E-state index >= 15 is 0 Å². The van der Waals surface area contributed by atoms with Gasteiger partial charge in [0, 0.05) is 12.4 Å². The van der Waals surface area contributed by atoms with E-state index in [9.17, 15) is 4.79 Å². The van der Waals surface area contributed by atoms with Crippen LogP contribution >= 0.6 is 0 Å². The topological polar surface area (TPSA) is 76.7 Å². The second kappa shape index (κ2) is 7.73. The molecular weight excluding hydrogens is 306 g/mol. The summed E-state index contributed by atoms with van der Waals surface area (Å²) in [4.78, 5) is 15.9. The summed E-state index contributed by atoms with van der Waals surface area (Å²) in [6, 6.07) is 16.2. The van der Waals surface area contributed by atoms with Crippen LogP contribution in [0.4, 0.5) is 0 Å². The maximum absolute atomic E-state index is 12.0. The first kappa shape index (κ1) is 15.5. The van der Waals surface area contributed by atoms with Crippen molar-refractivity contribution in [2.24, 2.45) is 5.10 Å². The molecular formula is C18H15N3O3. The van der Waals surface area contributed by atoms with Crippen LogP contribution in [0.15, 0.2) is 76.5 Å². The number of carbonyl (C=O) groups excluding carboxylic acids is 1. The Balaban J connectivity index is 1.53. The molecule has 0 aliphatic carbocycles. The van der Waals surface area contributed by atoms with Gasteiger partial charge in [-0.1, -0.05) is 18.2 Å². The first-order valence-corrected chi connectivity index (χ1v) is 7.31. The van der Waals surface area contributed by atoms with Crippen LogP contribution in [0.3, 0.4) is 0 Å². The number of nitrogens with one attached hydrogen (secondary N) is 1. The van der Waals surface area contributed by atoms with E-state index in [2.05, 4.69) is 15.5 Å². The van der Waals surface area contributed by atoms with Crippen molar-refractivity contribution in [2.75, 3.05) is 0 Å². The molecule has 0 spiro atoms. The lowest BCUT2D eigenvalue weighted by atomic mass is 10.3. The molecule has 24 heavy (non-hydrogen) atoms. The number of furan rings is 1. The second-order valence-electron chi connectivity index (χ2n) is 4.85. The number of hydrazone groups is 1. The molecule has 2 aromatic heterocycles. The first-order chi connectivity index (χ1) is 11.8. The van der Waals surface area contributed by atoms with Crippen molar-refractivity contribution >= 4 is 12.1 Å². The Labute approximate surface area is 138 Å². The van der Waals surface area contributed by atoms with Gasteiger partial charge in [0.15, 0.2) is 5.76 Å². The van der Waals surface area contributed by atoms with E-state index in [4.69, 9.17) is 9.15 Å². The van der Waals surface area contributed by atoms with Crippen molar-refractivity contribution < 1.29 is 13.9 Å². The number of carbonyl (C=O) groups is 1. The molecule has 0 aliphatic heterocycles. The maximum atomic E-state index is 12.0. The van der Waals surface area contributed by atoms with Gasteiger partial charge in [0.25, 0.3) is 0 Å². The fourth-order valence-corrected chi connectivity index (χ4v) is 1.92. The smallest absolute Gasteiger partial charge is 0.307 e. The van der Waals surface area contributed by atoms with Crippen LogP contribution in [0.25, 0.3) is 0 Å². The zero-order chi connectivity index (χ0) is 16.6. The molecule has 120 valence electrons. The summed E-state index contributed by atoms with van der Waals surface area (Å²) in [6.45, 7) is 0.248. The molecule has 0 saturated carbocycles. The molecule has 1 N–H and O–H groups in total. The van der Waals surface area contributed by atoms with Crippen LogP contribution < -0.4 is 10.2 Å². The first-order valence-electron chi connectivity index (χ1n) is 7.31. The van der Waals surface area contributed by atoms with E-state index in [0.29, 0.717) is 5.76 Å². The molecule has 0 radical (unpaired) electrons. The average molecular weight is 321 g/mol. The van der Waals surface area contributed by atoms with Crippen LogP contribution in [0, 0.1) is 0 Å². The van der Waals surface area contributed by atoms with Crippen molar-refractivity contribution in [2.45, 2.75) is 6.61 Å². The third-order valence-corrected chi connectivity index (χ3v) is 3.10. The second-order valence-corrected chi connectivity index (χ2v) is 4.85. The summed E-state index contributed by atoms with van der Waals surface area (Å²) in [6.07, 6.45) is 4.82. The number of hydrogen-bond donors (Lipinski definition) is 1. The van der Waals surface area contributed by atoms with Gasteiger partial charge in [0.05, 0.1) is 6.21 Å². The molecule has 3 rings (SSSR count). The number of pyridine rings is 1. The molecule has 1 aromatic carbocycles. The molecule has 0 fully saturated rings. The fraction of sp³-hybridized carbons (Fsp3) is 0.0556. The number of ether oxygens (including phenoxy) is 1. The molecule has 1 amide bonds. The summed E-state index contributed by atoms with van der Waals surface area (Å²) in [5.74, 6) is 1.05. The summed E-state index contributed by atoms with van der Waals surface area (Å²) < 4.78 is 11.0. The van der Waals surface area contributed by atoms with Gasteiger partial charge in [-0.15, -0.1) is 0 Å². The fourth-order valence-electron chi connectivity index (χ4n) is 1.92. The van der Waals surface area contributed by atoms with E-state index in [-0.39, 0.29) is 12.4 Å². The maximum Gasteiger partial charge on any atom is 0.307 e. The Bertz CT molecular complexity index is 814. The lowest BCUT2D eigenvalue weighted by Gasteiger charge is -2.03. The Morgan fingerprint density at radius 1 is 1.12 bits per heavy atom. The summed E-state index contributed by atoms with van der Waals surface area (Å²) in [7, 11) is 0. The Kier molecular flexibility index (Phi) is 4.99. The normalized spacial score (nSPS) is 10.7. The molecule has 6 nitrogen and oxygen atoms in total. The largest absolute Gasteiger partial charge is 0.486 e. The Morgan fingerprint density at radius 3 is 2.71 bits per heavy atom. The molecule has 6 heteroatoms. The van der Waals surface area contributed by atoms with Crippen LogP contribution in [0.5, 0.6) is 5.75 Å². The van der Waals surface area contributed by atoms with Gasteiger partial charge in [0.2, 0.25) is 0 Å². The van der Waals surface area contributed by atoms with Gasteiger partial charge in [-0.05, 0) is 42.0 Å². The number of amides is 1. The van der Waals surface area contributed by atoms with Crippen molar-refractivity contribution in [1.82, 2.24) is 10.4 Å². The summed E-state index contributed by atoms with van der Waals surface area (Å²) in [5.41, 5.74) is 3.24. The van der Waals surface area contributed by atoms with Gasteiger partial charge in [-0.3, -0.25) is 9.78 Å². The number of hydrogen-bond acceptors (Lipinski definition) is 5. The molecule has 0 aliphatic rings. The zero-order valence-corrected chi connectivity index (χ0v) is 12.8. The van der Waals surface area contributed by atoms with Gasteiger partial charge < -0.3 is 9.15 Å². The quantitative estimate of drug-likeness (QED) is 0.559. The minimum absolute atomic E-state index is 0.175. The highest BCUT2D eigenvalue weighted by Gasteiger charge is 2.10. The predicted octanol–water partition coefficient (Wildman–Crippen LogP) is 3.02. The third kappa shape index (κ3) is 4.30. The highest BCUT2D eigenvalue weighted by molar-refractivity contribution is 5.92. The van der Waals surface area contributed by atoms with Gasteiger partial charge >= 0.3 is 5.91 Å². The SMILES string of the molecule is O=C(N/N=C\c1ccncc1)c1ccc(COc2ccccc2)o1. The number of aromatic nitrogens is 1. The van der Waals surface area contributed by atoms with Crippen LogP contribution in [-0.2, 0) is 6.61 Å². The minimum atomic E-state index is -0.425. The van der Waals surface area contributed by atoms with Gasteiger partial charge in [-0.2, -0.15) is 5.10 Å². The van der Waals surface area contributed by atoms with E-state index in [0.717, 1.165) is 11.3 Å². The lowest BCUT2D eigenvalue weighted by molar-refractivity contribution is 0.0923. The number of benzene rings is 1. The van der Waals surface area contributed by atoms with Crippen LogP contribution in [0.2, 0.25) is 0 Å². The van der Waals surface area contributed by atoms with Gasteiger partial charge in [0.1, 0.15) is 18.1 Å². The molecule has 0 atom stereocenters. The van der Waals surface area contributed by atoms with E-state index in [1.54, 1.807) is 36.7 Å². The summed E-state index contributed by atoms with van der Waals surface area (Å²) >= 11 is 0. The average Bonchev–Trinajstić information content (AvgIpc) is 3.11. The van der Waals surface area contributed by atoms with Crippen molar-refractivity contribution in [1.29, 1.82) is 0 Å². The number of rotatable bonds is 6. The monoisotopic (exact) mass is 321 g/mol. The van der Waals surface area contributed by atoms with E-state index in [1.165, 1.54) is 6.21 Å². The van der Waals surface area contributed by atoms with Crippen molar-refractivity contribution in [3.8, 4) is 5.75 Å². The highest BCUT2D eigenvalue weighted by Crippen LogP contribution is 2.13. The third-order valence-electron chi connectivity index (χ3n) is 3.10. The highest BCUT2D eigenvalue weighted by atomic mass is 16.5. The minimum Gasteiger partial charge on any atom is -0.486 e. The standard InChI is InChI=1S/C18H15N3O3/c22-18(21-20-12-14-8-10-19-11-9-14)17-7-6-16(24-17)13-23-15-4-2-1-3-5-15/h1-12H,13H2,(H,21,22)/b20-12-. The molecule has 0 saturated heterocycles. The molecule has 0 unspecified atom stereocenters. The van der Waals surface area contributed by atoms with Crippen molar-refractivity contribution in [3.05, 3.63) is 84.1 Å². The van der Waals surface area contributed by atoms with E-state index < -0.39 is 5.91 Å². The van der Waals surface area contributed by atoms with E-state index in [1.807, 2.05) is 30.3 Å². The summed E-state index contributed by atoms with van der Waals surface area (Å²) in [5, 5.41) is 3.88. The Morgan fingerprint density at radius 2 is 1.92 bits per heavy atom. The van der Waals surface area contributed by atoms with Crippen molar-refractivity contribution in [3.63, 3.8) is 0 Å². The van der Waals surface area contributed by atoms with Crippen LogP contribution in [0.1, 0.15) is 21.9 Å². The predicted molar refractivity (Wildman–Crippen MR) is 88.8 cm³/mol. The Hall–Kier alpha value is -3.41. The zero-order valence-electron chi connectivity index (χ0n) is 12.8. The van der Waals surface area contributed by atoms with Crippen LogP contribution in [-0.4, -0.2) is 17.1 Å². The molecule has 3 aromatic rings. The number of para-hydroxylation sites is 1. The molecule has 0 bridgehead atoms.